The van der Waals surface area contributed by atoms with Crippen molar-refractivity contribution in [3.8, 4) is 0 Å². The van der Waals surface area contributed by atoms with Crippen molar-refractivity contribution < 1.29 is 0 Å². The summed E-state index contributed by atoms with van der Waals surface area (Å²) >= 11 is 0. The molecule has 1 aromatic heterocycles. The molecule has 3 rings (SSSR count). The van der Waals surface area contributed by atoms with Gasteiger partial charge in [0, 0.05) is 13.5 Å². The van der Waals surface area contributed by atoms with E-state index in [1.807, 2.05) is 6.07 Å². The summed E-state index contributed by atoms with van der Waals surface area (Å²) < 4.78 is 2.20. The summed E-state index contributed by atoms with van der Waals surface area (Å²) in [6.45, 7) is 2.17. The lowest BCUT2D eigenvalue weighted by atomic mass is 10.0. The first-order chi connectivity index (χ1) is 9.25. The van der Waals surface area contributed by atoms with E-state index in [2.05, 4.69) is 61.0 Å². The lowest BCUT2D eigenvalue weighted by molar-refractivity contribution is 0.785. The average Bonchev–Trinajstić information content (AvgIpc) is 2.75. The fourth-order valence-electron chi connectivity index (χ4n) is 2.56. The molecule has 0 spiro atoms. The quantitative estimate of drug-likeness (QED) is 0.693. The second-order valence-corrected chi connectivity index (χ2v) is 5.00. The van der Waals surface area contributed by atoms with Gasteiger partial charge in [-0.05, 0) is 36.6 Å². The van der Waals surface area contributed by atoms with Gasteiger partial charge in [0.15, 0.2) is 0 Å². The van der Waals surface area contributed by atoms with E-state index in [4.69, 9.17) is 4.98 Å². The first-order valence-electron chi connectivity index (χ1n) is 6.70. The van der Waals surface area contributed by atoms with Gasteiger partial charge >= 0.3 is 0 Å². The highest BCUT2D eigenvalue weighted by molar-refractivity contribution is 5.75. The average molecular weight is 250 g/mol. The molecular formula is C17H18N2. The SMILES string of the molecule is Cc1ccccc1CCc1nc2ccccc2n1C. The van der Waals surface area contributed by atoms with Crippen LogP contribution in [0.5, 0.6) is 0 Å². The zero-order chi connectivity index (χ0) is 13.2. The number of para-hydroxylation sites is 2. The van der Waals surface area contributed by atoms with Gasteiger partial charge in [-0.15, -0.1) is 0 Å². The number of hydrogen-bond acceptors (Lipinski definition) is 1. The second kappa shape index (κ2) is 4.88. The highest BCUT2D eigenvalue weighted by atomic mass is 15.1. The third kappa shape index (κ3) is 2.26. The zero-order valence-corrected chi connectivity index (χ0v) is 11.4. The van der Waals surface area contributed by atoms with E-state index in [0.29, 0.717) is 0 Å². The van der Waals surface area contributed by atoms with Gasteiger partial charge in [-0.2, -0.15) is 0 Å². The topological polar surface area (TPSA) is 17.8 Å². The maximum absolute atomic E-state index is 4.72. The van der Waals surface area contributed by atoms with Crippen molar-refractivity contribution in [3.63, 3.8) is 0 Å². The number of rotatable bonds is 3. The molecule has 0 N–H and O–H groups in total. The van der Waals surface area contributed by atoms with Crippen molar-refractivity contribution in [2.75, 3.05) is 0 Å². The third-order valence-corrected chi connectivity index (χ3v) is 3.76. The predicted octanol–water partition coefficient (Wildman–Crippen LogP) is 3.67. The molecule has 0 saturated carbocycles. The zero-order valence-electron chi connectivity index (χ0n) is 11.4. The highest BCUT2D eigenvalue weighted by Crippen LogP contribution is 2.16. The Balaban J connectivity index is 1.86. The van der Waals surface area contributed by atoms with Crippen LogP contribution in [0.4, 0.5) is 0 Å². The van der Waals surface area contributed by atoms with Crippen LogP contribution in [-0.2, 0) is 19.9 Å². The van der Waals surface area contributed by atoms with Crippen LogP contribution in [0.15, 0.2) is 48.5 Å². The maximum atomic E-state index is 4.72. The molecule has 2 aromatic carbocycles. The Kier molecular flexibility index (Phi) is 3.08. The third-order valence-electron chi connectivity index (χ3n) is 3.76. The smallest absolute Gasteiger partial charge is 0.109 e. The maximum Gasteiger partial charge on any atom is 0.109 e. The van der Waals surface area contributed by atoms with Crippen LogP contribution in [-0.4, -0.2) is 9.55 Å². The summed E-state index contributed by atoms with van der Waals surface area (Å²) in [4.78, 5) is 4.72. The molecule has 0 aliphatic carbocycles. The highest BCUT2D eigenvalue weighted by Gasteiger charge is 2.07. The lowest BCUT2D eigenvalue weighted by Gasteiger charge is -2.05. The van der Waals surface area contributed by atoms with Crippen LogP contribution < -0.4 is 0 Å². The van der Waals surface area contributed by atoms with Crippen molar-refractivity contribution in [1.82, 2.24) is 9.55 Å². The van der Waals surface area contributed by atoms with Gasteiger partial charge in [-0.1, -0.05) is 36.4 Å². The number of hydrogen-bond donors (Lipinski definition) is 0. The largest absolute Gasteiger partial charge is 0.331 e. The Morgan fingerprint density at radius 2 is 1.68 bits per heavy atom. The van der Waals surface area contributed by atoms with E-state index >= 15 is 0 Å². The number of benzene rings is 2. The molecule has 0 unspecified atom stereocenters. The number of nitrogens with zero attached hydrogens (tertiary/aromatic N) is 2. The molecule has 2 nitrogen and oxygen atoms in total. The molecule has 0 bridgehead atoms. The number of fused-ring (bicyclic) bond motifs is 1. The van der Waals surface area contributed by atoms with Crippen molar-refractivity contribution in [2.24, 2.45) is 7.05 Å². The Bertz CT molecular complexity index is 710. The molecular weight excluding hydrogens is 232 g/mol. The van der Waals surface area contributed by atoms with Crippen LogP contribution in [0.25, 0.3) is 11.0 Å². The Morgan fingerprint density at radius 3 is 2.47 bits per heavy atom. The molecule has 19 heavy (non-hydrogen) atoms. The van der Waals surface area contributed by atoms with Gasteiger partial charge in [-0.3, -0.25) is 0 Å². The van der Waals surface area contributed by atoms with Crippen molar-refractivity contribution in [1.29, 1.82) is 0 Å². The van der Waals surface area contributed by atoms with E-state index in [9.17, 15) is 0 Å². The molecule has 0 aliphatic rings. The molecule has 1 heterocycles. The van der Waals surface area contributed by atoms with Gasteiger partial charge in [-0.25, -0.2) is 4.98 Å². The molecule has 0 aliphatic heterocycles. The number of imidazole rings is 1. The van der Waals surface area contributed by atoms with Crippen LogP contribution in [0.1, 0.15) is 17.0 Å². The first-order valence-corrected chi connectivity index (χ1v) is 6.70. The first kappa shape index (κ1) is 12.0. The standard InChI is InChI=1S/C17H18N2/c1-13-7-3-4-8-14(13)11-12-17-18-15-9-5-6-10-16(15)19(17)2/h3-10H,11-12H2,1-2H3. The van der Waals surface area contributed by atoms with E-state index in [1.165, 1.54) is 16.6 Å². The fourth-order valence-corrected chi connectivity index (χ4v) is 2.56. The monoisotopic (exact) mass is 250 g/mol. The Labute approximate surface area is 113 Å². The Hall–Kier alpha value is -2.09. The molecule has 0 atom stereocenters. The van der Waals surface area contributed by atoms with Gasteiger partial charge < -0.3 is 4.57 Å². The van der Waals surface area contributed by atoms with Gasteiger partial charge in [0.25, 0.3) is 0 Å². The molecule has 2 heteroatoms. The van der Waals surface area contributed by atoms with Crippen LogP contribution in [0.3, 0.4) is 0 Å². The summed E-state index contributed by atoms with van der Waals surface area (Å²) in [6.07, 6.45) is 2.03. The van der Waals surface area contributed by atoms with Crippen molar-refractivity contribution in [2.45, 2.75) is 19.8 Å². The van der Waals surface area contributed by atoms with E-state index in [0.717, 1.165) is 24.2 Å². The van der Waals surface area contributed by atoms with Crippen molar-refractivity contribution in [3.05, 3.63) is 65.5 Å². The van der Waals surface area contributed by atoms with E-state index in [1.54, 1.807) is 0 Å². The molecule has 96 valence electrons. The van der Waals surface area contributed by atoms with Crippen molar-refractivity contribution >= 4 is 11.0 Å². The summed E-state index contributed by atoms with van der Waals surface area (Å²) in [5, 5.41) is 0. The summed E-state index contributed by atoms with van der Waals surface area (Å²) in [5.41, 5.74) is 5.07. The number of aromatic nitrogens is 2. The van der Waals surface area contributed by atoms with E-state index in [-0.39, 0.29) is 0 Å². The minimum atomic E-state index is 0.982. The van der Waals surface area contributed by atoms with Gasteiger partial charge in [0.05, 0.1) is 11.0 Å². The van der Waals surface area contributed by atoms with Crippen LogP contribution >= 0.6 is 0 Å². The number of aryl methyl sites for hydroxylation is 4. The summed E-state index contributed by atoms with van der Waals surface area (Å²) in [6, 6.07) is 16.9. The Morgan fingerprint density at radius 1 is 0.947 bits per heavy atom. The fraction of sp³-hybridized carbons (Fsp3) is 0.235. The lowest BCUT2D eigenvalue weighted by Crippen LogP contribution is -2.01. The molecule has 0 radical (unpaired) electrons. The van der Waals surface area contributed by atoms with Gasteiger partial charge in [0.2, 0.25) is 0 Å². The second-order valence-electron chi connectivity index (χ2n) is 5.00. The minimum Gasteiger partial charge on any atom is -0.331 e. The molecule has 0 fully saturated rings. The normalized spacial score (nSPS) is 11.1. The summed E-state index contributed by atoms with van der Waals surface area (Å²) in [5.74, 6) is 1.16. The predicted molar refractivity (Wildman–Crippen MR) is 79.3 cm³/mol. The van der Waals surface area contributed by atoms with E-state index < -0.39 is 0 Å². The summed E-state index contributed by atoms with van der Waals surface area (Å²) in [7, 11) is 2.10. The minimum absolute atomic E-state index is 0.982. The van der Waals surface area contributed by atoms with Crippen LogP contribution in [0.2, 0.25) is 0 Å². The molecule has 0 amide bonds. The van der Waals surface area contributed by atoms with Gasteiger partial charge in [0.1, 0.15) is 5.82 Å². The molecule has 0 saturated heterocycles. The van der Waals surface area contributed by atoms with Crippen LogP contribution in [0, 0.1) is 6.92 Å². The molecule has 3 aromatic rings.